The third-order valence-corrected chi connectivity index (χ3v) is 3.31. The molecule has 0 bridgehead atoms. The molecule has 1 aliphatic rings. The van der Waals surface area contributed by atoms with E-state index >= 15 is 0 Å². The molecule has 2 aromatic heterocycles. The van der Waals surface area contributed by atoms with E-state index in [2.05, 4.69) is 39.6 Å². The summed E-state index contributed by atoms with van der Waals surface area (Å²) < 4.78 is 0. The van der Waals surface area contributed by atoms with Crippen LogP contribution in [0.15, 0.2) is 24.5 Å². The van der Waals surface area contributed by atoms with Crippen LogP contribution < -0.4 is 5.32 Å². The largest absolute Gasteiger partial charge is 0.363 e. The highest BCUT2D eigenvalue weighted by Gasteiger charge is 2.13. The Labute approximate surface area is 100 Å². The number of hydrogen-bond acceptors (Lipinski definition) is 3. The Morgan fingerprint density at radius 3 is 3.12 bits per heavy atom. The standard InChI is InChI=1S/C13H16N4/c1-9(11-7-14-15-8-11)16-13-6-5-10-3-2-4-12(10)17-13/h5-9H,2-4H2,1H3,(H,14,15)(H,16,17). The zero-order valence-corrected chi connectivity index (χ0v) is 9.90. The third-order valence-electron chi connectivity index (χ3n) is 3.31. The second-order valence-electron chi connectivity index (χ2n) is 4.55. The van der Waals surface area contributed by atoms with Gasteiger partial charge >= 0.3 is 0 Å². The maximum atomic E-state index is 4.66. The normalized spacial score (nSPS) is 15.6. The Kier molecular flexibility index (Phi) is 2.55. The number of nitrogens with one attached hydrogen (secondary N) is 2. The second kappa shape index (κ2) is 4.20. The van der Waals surface area contributed by atoms with Crippen LogP contribution >= 0.6 is 0 Å². The molecule has 1 aliphatic carbocycles. The van der Waals surface area contributed by atoms with E-state index in [9.17, 15) is 0 Å². The first-order valence-corrected chi connectivity index (χ1v) is 6.07. The van der Waals surface area contributed by atoms with Crippen molar-refractivity contribution in [2.75, 3.05) is 5.32 Å². The molecule has 4 heteroatoms. The van der Waals surface area contributed by atoms with Crippen LogP contribution in [0.2, 0.25) is 0 Å². The lowest BCUT2D eigenvalue weighted by Gasteiger charge is -2.13. The van der Waals surface area contributed by atoms with E-state index < -0.39 is 0 Å². The molecule has 1 atom stereocenters. The Balaban J connectivity index is 1.77. The smallest absolute Gasteiger partial charge is 0.126 e. The van der Waals surface area contributed by atoms with Crippen molar-refractivity contribution in [1.82, 2.24) is 15.2 Å². The van der Waals surface area contributed by atoms with E-state index in [0.717, 1.165) is 17.8 Å². The van der Waals surface area contributed by atoms with Gasteiger partial charge < -0.3 is 5.32 Å². The molecular formula is C13H16N4. The van der Waals surface area contributed by atoms with Gasteiger partial charge in [0.15, 0.2) is 0 Å². The Hall–Kier alpha value is -1.84. The van der Waals surface area contributed by atoms with Gasteiger partial charge in [-0.05, 0) is 37.8 Å². The van der Waals surface area contributed by atoms with Gasteiger partial charge in [0, 0.05) is 17.5 Å². The van der Waals surface area contributed by atoms with Gasteiger partial charge in [0.1, 0.15) is 5.82 Å². The first-order chi connectivity index (χ1) is 8.33. The summed E-state index contributed by atoms with van der Waals surface area (Å²) >= 11 is 0. The highest BCUT2D eigenvalue weighted by atomic mass is 15.1. The minimum atomic E-state index is 0.223. The first kappa shape index (κ1) is 10.3. The number of aryl methyl sites for hydroxylation is 2. The van der Waals surface area contributed by atoms with Crippen LogP contribution in [0.5, 0.6) is 0 Å². The fourth-order valence-electron chi connectivity index (χ4n) is 2.30. The van der Waals surface area contributed by atoms with Crippen LogP contribution in [0.1, 0.15) is 36.2 Å². The van der Waals surface area contributed by atoms with Crippen LogP contribution in [-0.2, 0) is 12.8 Å². The average Bonchev–Trinajstić information content (AvgIpc) is 2.99. The summed E-state index contributed by atoms with van der Waals surface area (Å²) in [6.07, 6.45) is 7.28. The molecule has 1 unspecified atom stereocenters. The van der Waals surface area contributed by atoms with E-state index in [4.69, 9.17) is 0 Å². The molecule has 0 spiro atoms. The number of aromatic nitrogens is 3. The molecule has 2 heterocycles. The molecule has 0 saturated carbocycles. The maximum Gasteiger partial charge on any atom is 0.126 e. The van der Waals surface area contributed by atoms with Crippen LogP contribution in [0.4, 0.5) is 5.82 Å². The lowest BCUT2D eigenvalue weighted by Crippen LogP contribution is -2.07. The molecule has 4 nitrogen and oxygen atoms in total. The molecule has 0 aliphatic heterocycles. The lowest BCUT2D eigenvalue weighted by molar-refractivity contribution is 0.866. The van der Waals surface area contributed by atoms with Gasteiger partial charge in [0.05, 0.1) is 12.2 Å². The fourth-order valence-corrected chi connectivity index (χ4v) is 2.30. The van der Waals surface area contributed by atoms with Crippen molar-refractivity contribution in [2.24, 2.45) is 0 Å². The summed E-state index contributed by atoms with van der Waals surface area (Å²) in [6.45, 7) is 2.11. The molecule has 3 rings (SSSR count). The maximum absolute atomic E-state index is 4.66. The molecular weight excluding hydrogens is 212 g/mol. The Morgan fingerprint density at radius 2 is 2.29 bits per heavy atom. The Bertz CT molecular complexity index is 504. The zero-order valence-electron chi connectivity index (χ0n) is 9.90. The van der Waals surface area contributed by atoms with Crippen molar-refractivity contribution in [2.45, 2.75) is 32.2 Å². The number of anilines is 1. The van der Waals surface area contributed by atoms with Crippen molar-refractivity contribution in [3.8, 4) is 0 Å². The number of hydrogen-bond donors (Lipinski definition) is 2. The average molecular weight is 228 g/mol. The van der Waals surface area contributed by atoms with Gasteiger partial charge in [-0.25, -0.2) is 4.98 Å². The van der Waals surface area contributed by atoms with Crippen LogP contribution in [-0.4, -0.2) is 15.2 Å². The van der Waals surface area contributed by atoms with Crippen molar-refractivity contribution in [1.29, 1.82) is 0 Å². The number of nitrogens with zero attached hydrogens (tertiary/aromatic N) is 2. The minimum Gasteiger partial charge on any atom is -0.363 e. The Morgan fingerprint density at radius 1 is 1.35 bits per heavy atom. The molecule has 0 saturated heterocycles. The molecule has 88 valence electrons. The lowest BCUT2D eigenvalue weighted by atomic mass is 10.2. The highest BCUT2D eigenvalue weighted by Crippen LogP contribution is 2.23. The SMILES string of the molecule is CC(Nc1ccc2c(n1)CCC2)c1cn[nH]c1. The summed E-state index contributed by atoms with van der Waals surface area (Å²) in [5.41, 5.74) is 3.81. The van der Waals surface area contributed by atoms with Crippen molar-refractivity contribution in [3.63, 3.8) is 0 Å². The van der Waals surface area contributed by atoms with Gasteiger partial charge in [-0.1, -0.05) is 6.07 Å². The van der Waals surface area contributed by atoms with Crippen LogP contribution in [0, 0.1) is 0 Å². The molecule has 0 fully saturated rings. The number of fused-ring (bicyclic) bond motifs is 1. The number of rotatable bonds is 3. The van der Waals surface area contributed by atoms with E-state index in [1.54, 1.807) is 0 Å². The summed E-state index contributed by atoms with van der Waals surface area (Å²) in [7, 11) is 0. The van der Waals surface area contributed by atoms with Crippen LogP contribution in [0.25, 0.3) is 0 Å². The zero-order chi connectivity index (χ0) is 11.7. The quantitative estimate of drug-likeness (QED) is 0.848. The van der Waals surface area contributed by atoms with Gasteiger partial charge in [0.2, 0.25) is 0 Å². The van der Waals surface area contributed by atoms with E-state index in [1.807, 2.05) is 12.4 Å². The summed E-state index contributed by atoms with van der Waals surface area (Å²) in [4.78, 5) is 4.66. The van der Waals surface area contributed by atoms with Crippen LogP contribution in [0.3, 0.4) is 0 Å². The van der Waals surface area contributed by atoms with E-state index in [1.165, 1.54) is 24.1 Å². The number of H-pyrrole nitrogens is 1. The monoisotopic (exact) mass is 228 g/mol. The molecule has 0 amide bonds. The van der Waals surface area contributed by atoms with Gasteiger partial charge in [-0.15, -0.1) is 0 Å². The number of aromatic amines is 1. The summed E-state index contributed by atoms with van der Waals surface area (Å²) in [6, 6.07) is 4.49. The molecule has 2 aromatic rings. The predicted octanol–water partition coefficient (Wildman–Crippen LogP) is 2.47. The van der Waals surface area contributed by atoms with Crippen molar-refractivity contribution >= 4 is 5.82 Å². The van der Waals surface area contributed by atoms with Crippen molar-refractivity contribution in [3.05, 3.63) is 41.3 Å². The first-order valence-electron chi connectivity index (χ1n) is 6.07. The predicted molar refractivity (Wildman–Crippen MR) is 66.9 cm³/mol. The number of pyridine rings is 1. The fraction of sp³-hybridized carbons (Fsp3) is 0.385. The minimum absolute atomic E-state index is 0.223. The van der Waals surface area contributed by atoms with E-state index in [0.29, 0.717) is 0 Å². The van der Waals surface area contributed by atoms with Gasteiger partial charge in [-0.2, -0.15) is 5.10 Å². The third kappa shape index (κ3) is 2.02. The topological polar surface area (TPSA) is 53.6 Å². The summed E-state index contributed by atoms with van der Waals surface area (Å²) in [5.74, 6) is 0.958. The van der Waals surface area contributed by atoms with Gasteiger partial charge in [-0.3, -0.25) is 5.10 Å². The molecule has 17 heavy (non-hydrogen) atoms. The molecule has 0 radical (unpaired) electrons. The molecule has 0 aromatic carbocycles. The molecule has 2 N–H and O–H groups in total. The second-order valence-corrected chi connectivity index (χ2v) is 4.55. The highest BCUT2D eigenvalue weighted by molar-refractivity contribution is 5.42. The van der Waals surface area contributed by atoms with Crippen molar-refractivity contribution < 1.29 is 0 Å². The van der Waals surface area contributed by atoms with E-state index in [-0.39, 0.29) is 6.04 Å². The van der Waals surface area contributed by atoms with Gasteiger partial charge in [0.25, 0.3) is 0 Å². The summed E-state index contributed by atoms with van der Waals surface area (Å²) in [5, 5.41) is 10.2.